The molecule has 3 heterocycles. The first-order valence-electron chi connectivity index (χ1n) is 12.6. The molecule has 3 fully saturated rings. The van der Waals surface area contributed by atoms with Gasteiger partial charge >= 0.3 is 0 Å². The molecule has 2 aromatic carbocycles. The van der Waals surface area contributed by atoms with Gasteiger partial charge in [0, 0.05) is 41.3 Å². The smallest absolute Gasteiger partial charge is 0.158 e. The van der Waals surface area contributed by atoms with Crippen LogP contribution in [0.3, 0.4) is 0 Å². The molecule has 0 radical (unpaired) electrons. The molecular weight excluding hydrogens is 432 g/mol. The number of ether oxygens (including phenoxy) is 1. The molecule has 2 aromatic heterocycles. The Labute approximate surface area is 197 Å². The number of aromatic amines is 1. The van der Waals surface area contributed by atoms with Crippen molar-refractivity contribution >= 4 is 21.8 Å². The Morgan fingerprint density at radius 2 is 1.76 bits per heavy atom. The van der Waals surface area contributed by atoms with Crippen molar-refractivity contribution in [3.63, 3.8) is 0 Å². The highest BCUT2D eigenvalue weighted by Crippen LogP contribution is 2.65. The van der Waals surface area contributed by atoms with Crippen LogP contribution in [0.5, 0.6) is 0 Å². The van der Waals surface area contributed by atoms with Gasteiger partial charge in [-0.2, -0.15) is 5.10 Å². The Kier molecular flexibility index (Phi) is 4.48. The fraction of sp³-hybridized carbons (Fsp3) is 0.464. The van der Waals surface area contributed by atoms with Crippen LogP contribution in [0.15, 0.2) is 36.5 Å². The highest BCUT2D eigenvalue weighted by molar-refractivity contribution is 6.00. The van der Waals surface area contributed by atoms with Crippen LogP contribution in [0.1, 0.15) is 68.5 Å². The third kappa shape index (κ3) is 2.94. The van der Waals surface area contributed by atoms with Gasteiger partial charge < -0.3 is 9.30 Å². The Hall–Kier alpha value is -2.73. The minimum atomic E-state index is -0.267. The number of fused-ring (bicyclic) bond motifs is 2. The minimum Gasteiger partial charge on any atom is -0.381 e. The maximum absolute atomic E-state index is 16.2. The summed E-state index contributed by atoms with van der Waals surface area (Å²) in [4.78, 5) is 0. The number of rotatable bonds is 3. The monoisotopic (exact) mass is 461 g/mol. The molecule has 3 aliphatic rings. The molecule has 4 aromatic rings. The van der Waals surface area contributed by atoms with E-state index in [0.29, 0.717) is 30.1 Å². The van der Waals surface area contributed by atoms with E-state index in [9.17, 15) is 4.39 Å². The predicted octanol–water partition coefficient (Wildman–Crippen LogP) is 6.97. The van der Waals surface area contributed by atoms with Gasteiger partial charge in [0.05, 0.1) is 11.7 Å². The number of halogens is 2. The summed E-state index contributed by atoms with van der Waals surface area (Å²) >= 11 is 0. The van der Waals surface area contributed by atoms with Gasteiger partial charge in [0.15, 0.2) is 5.82 Å². The molecule has 1 spiro atoms. The van der Waals surface area contributed by atoms with Crippen molar-refractivity contribution in [3.8, 4) is 5.69 Å². The normalized spacial score (nSPS) is 27.4. The summed E-state index contributed by atoms with van der Waals surface area (Å²) in [6.07, 6.45) is 8.37. The summed E-state index contributed by atoms with van der Waals surface area (Å²) in [5.74, 6) is 0.963. The average molecular weight is 462 g/mol. The Morgan fingerprint density at radius 1 is 1.03 bits per heavy atom. The van der Waals surface area contributed by atoms with E-state index in [0.717, 1.165) is 53.6 Å². The highest BCUT2D eigenvalue weighted by Gasteiger charge is 2.53. The molecule has 2 aliphatic carbocycles. The van der Waals surface area contributed by atoms with Gasteiger partial charge in [0.2, 0.25) is 0 Å². The van der Waals surface area contributed by atoms with Crippen LogP contribution in [0.4, 0.5) is 8.78 Å². The topological polar surface area (TPSA) is 42.8 Å². The maximum Gasteiger partial charge on any atom is 0.158 e. The number of hydrogen-bond acceptors (Lipinski definition) is 2. The number of H-pyrrole nitrogens is 1. The van der Waals surface area contributed by atoms with Crippen molar-refractivity contribution in [2.45, 2.75) is 57.3 Å². The second-order valence-electron chi connectivity index (χ2n) is 11.0. The van der Waals surface area contributed by atoms with Crippen LogP contribution in [0.2, 0.25) is 0 Å². The Morgan fingerprint density at radius 3 is 2.47 bits per heavy atom. The number of nitrogens with one attached hydrogen (secondary N) is 1. The highest BCUT2D eigenvalue weighted by atomic mass is 19.1. The number of hydrogen-bond donors (Lipinski definition) is 1. The number of aromatic nitrogens is 3. The number of benzene rings is 2. The van der Waals surface area contributed by atoms with E-state index in [1.807, 2.05) is 18.2 Å². The van der Waals surface area contributed by atoms with Crippen molar-refractivity contribution < 1.29 is 13.5 Å². The SMILES string of the molecule is CC1CC2(C1)CC(c1c(C3CCOCC3)n(-c3ccc(F)cc3)c3cc4cn[nH]c4c(F)c13)C2. The molecule has 176 valence electrons. The van der Waals surface area contributed by atoms with Gasteiger partial charge in [0.1, 0.15) is 11.3 Å². The van der Waals surface area contributed by atoms with E-state index in [1.54, 1.807) is 6.20 Å². The minimum absolute atomic E-state index is 0.211. The van der Waals surface area contributed by atoms with E-state index in [2.05, 4.69) is 21.7 Å². The van der Waals surface area contributed by atoms with E-state index in [4.69, 9.17) is 4.74 Å². The van der Waals surface area contributed by atoms with Crippen LogP contribution in [0, 0.1) is 23.0 Å². The first-order valence-corrected chi connectivity index (χ1v) is 12.6. The van der Waals surface area contributed by atoms with Gasteiger partial charge in [-0.25, -0.2) is 8.78 Å². The Bertz CT molecular complexity index is 1380. The van der Waals surface area contributed by atoms with Crippen LogP contribution < -0.4 is 0 Å². The van der Waals surface area contributed by atoms with Gasteiger partial charge in [0.25, 0.3) is 0 Å². The summed E-state index contributed by atoms with van der Waals surface area (Å²) in [5, 5.41) is 8.47. The standard InChI is InChI=1S/C28H29F2N3O/c1-16-11-28(12-16)13-19(14-28)23-24-22(10-18-15-31-32-26(18)25(24)30)33(21-4-2-20(29)3-5-21)27(23)17-6-8-34-9-7-17/h2-5,10,15-17,19H,6-9,11-14H2,1H3,(H,31,32). The molecule has 0 unspecified atom stereocenters. The van der Waals surface area contributed by atoms with Crippen molar-refractivity contribution in [2.24, 2.45) is 11.3 Å². The lowest BCUT2D eigenvalue weighted by atomic mass is 9.47. The zero-order valence-electron chi connectivity index (χ0n) is 19.4. The molecule has 1 N–H and O–H groups in total. The lowest BCUT2D eigenvalue weighted by Gasteiger charge is -2.57. The van der Waals surface area contributed by atoms with Crippen LogP contribution in [0.25, 0.3) is 27.5 Å². The largest absolute Gasteiger partial charge is 0.381 e. The van der Waals surface area contributed by atoms with Crippen LogP contribution >= 0.6 is 0 Å². The summed E-state index contributed by atoms with van der Waals surface area (Å²) in [6, 6.07) is 8.67. The van der Waals surface area contributed by atoms with Crippen molar-refractivity contribution in [2.75, 3.05) is 13.2 Å². The lowest BCUT2D eigenvalue weighted by Crippen LogP contribution is -2.45. The van der Waals surface area contributed by atoms with E-state index >= 15 is 4.39 Å². The molecule has 7 rings (SSSR count). The summed E-state index contributed by atoms with van der Waals surface area (Å²) in [6.45, 7) is 3.77. The van der Waals surface area contributed by atoms with Crippen LogP contribution in [-0.4, -0.2) is 28.0 Å². The second kappa shape index (κ2) is 7.38. The van der Waals surface area contributed by atoms with Crippen molar-refractivity contribution in [1.29, 1.82) is 0 Å². The summed E-state index contributed by atoms with van der Waals surface area (Å²) in [5.41, 5.74) is 5.04. The van der Waals surface area contributed by atoms with Gasteiger partial charge in [-0.1, -0.05) is 6.92 Å². The third-order valence-electron chi connectivity index (χ3n) is 8.71. The second-order valence-corrected chi connectivity index (χ2v) is 11.0. The van der Waals surface area contributed by atoms with Gasteiger partial charge in [-0.3, -0.25) is 5.10 Å². The lowest BCUT2D eigenvalue weighted by molar-refractivity contribution is -0.0342. The fourth-order valence-electron chi connectivity index (χ4n) is 7.45. The predicted molar refractivity (Wildman–Crippen MR) is 128 cm³/mol. The van der Waals surface area contributed by atoms with Crippen LogP contribution in [-0.2, 0) is 4.74 Å². The van der Waals surface area contributed by atoms with Gasteiger partial charge in [-0.15, -0.1) is 0 Å². The van der Waals surface area contributed by atoms with Gasteiger partial charge in [-0.05, 0) is 91.7 Å². The van der Waals surface area contributed by atoms with Crippen molar-refractivity contribution in [1.82, 2.24) is 14.8 Å². The zero-order chi connectivity index (χ0) is 23.0. The average Bonchev–Trinajstić information content (AvgIpc) is 3.40. The Balaban J connectivity index is 1.51. The molecule has 1 saturated heterocycles. The molecule has 0 atom stereocenters. The molecular formula is C28H29F2N3O. The first-order chi connectivity index (χ1) is 16.5. The molecule has 2 saturated carbocycles. The molecule has 0 bridgehead atoms. The number of nitrogens with zero attached hydrogens (tertiary/aromatic N) is 2. The molecule has 0 amide bonds. The summed E-state index contributed by atoms with van der Waals surface area (Å²) < 4.78 is 38.0. The van der Waals surface area contributed by atoms with E-state index in [1.165, 1.54) is 36.2 Å². The van der Waals surface area contributed by atoms with E-state index in [-0.39, 0.29) is 17.6 Å². The quantitative estimate of drug-likeness (QED) is 0.358. The van der Waals surface area contributed by atoms with Crippen molar-refractivity contribution in [3.05, 3.63) is 59.4 Å². The fourth-order valence-corrected chi connectivity index (χ4v) is 7.45. The third-order valence-corrected chi connectivity index (χ3v) is 8.71. The first kappa shape index (κ1) is 20.6. The molecule has 34 heavy (non-hydrogen) atoms. The van der Waals surface area contributed by atoms with E-state index < -0.39 is 0 Å². The summed E-state index contributed by atoms with van der Waals surface area (Å²) in [7, 11) is 0. The molecule has 1 aliphatic heterocycles. The molecule has 6 heteroatoms. The maximum atomic E-state index is 16.2. The molecule has 4 nitrogen and oxygen atoms in total. The zero-order valence-corrected chi connectivity index (χ0v) is 19.4.